The van der Waals surface area contributed by atoms with Crippen molar-refractivity contribution in [2.45, 2.75) is 6.61 Å². The lowest BCUT2D eigenvalue weighted by Gasteiger charge is -2.09. The van der Waals surface area contributed by atoms with Crippen LogP contribution >= 0.6 is 0 Å². The van der Waals surface area contributed by atoms with Gasteiger partial charge in [-0.3, -0.25) is 14.8 Å². The maximum absolute atomic E-state index is 10.8. The Morgan fingerprint density at radius 3 is 2.74 bits per heavy atom. The van der Waals surface area contributed by atoms with Gasteiger partial charge in [0.05, 0.1) is 11.0 Å². The van der Waals surface area contributed by atoms with E-state index in [4.69, 9.17) is 10.6 Å². The van der Waals surface area contributed by atoms with Gasteiger partial charge in [-0.15, -0.1) is 5.10 Å². The lowest BCUT2D eigenvalue weighted by molar-refractivity contribution is 0.112. The Labute approximate surface area is 132 Å². The van der Waals surface area contributed by atoms with E-state index in [1.165, 1.54) is 0 Å². The van der Waals surface area contributed by atoms with Gasteiger partial charge in [-0.05, 0) is 29.8 Å². The Hall–Kier alpha value is -3.28. The number of carbonyl (C=O) groups excluding carboxylic acids is 1. The summed E-state index contributed by atoms with van der Waals surface area (Å²) in [5.74, 6) is 5.67. The number of nitrogens with zero attached hydrogens (tertiary/aromatic N) is 3. The Morgan fingerprint density at radius 2 is 1.96 bits per heavy atom. The third-order valence-corrected chi connectivity index (χ3v) is 3.30. The van der Waals surface area contributed by atoms with Gasteiger partial charge >= 0.3 is 0 Å². The summed E-state index contributed by atoms with van der Waals surface area (Å²) >= 11 is 0. The first-order chi connectivity index (χ1) is 11.3. The molecule has 2 aromatic carbocycles. The number of aldehydes is 1. The van der Waals surface area contributed by atoms with E-state index in [1.807, 2.05) is 18.2 Å². The Kier molecular flexibility index (Phi) is 4.24. The fourth-order valence-corrected chi connectivity index (χ4v) is 2.19. The van der Waals surface area contributed by atoms with Crippen LogP contribution in [0.1, 0.15) is 21.5 Å². The summed E-state index contributed by atoms with van der Waals surface area (Å²) in [7, 11) is 0. The highest BCUT2D eigenvalue weighted by Crippen LogP contribution is 2.13. The summed E-state index contributed by atoms with van der Waals surface area (Å²) in [6.45, 7) is 0.286. The van der Waals surface area contributed by atoms with Crippen molar-refractivity contribution in [3.63, 3.8) is 0 Å². The van der Waals surface area contributed by atoms with Gasteiger partial charge in [0, 0.05) is 23.5 Å². The van der Waals surface area contributed by atoms with E-state index in [0.717, 1.165) is 22.9 Å². The van der Waals surface area contributed by atoms with Crippen molar-refractivity contribution in [3.05, 3.63) is 71.5 Å². The predicted molar refractivity (Wildman–Crippen MR) is 86.9 cm³/mol. The van der Waals surface area contributed by atoms with E-state index in [9.17, 15) is 4.79 Å². The van der Waals surface area contributed by atoms with Gasteiger partial charge in [0.15, 0.2) is 0 Å². The molecule has 6 nitrogen and oxygen atoms in total. The standard InChI is InChI=1S/C17H14N4O2/c18-21-17(14-3-1-2-12(8-14)10-22)23-11-13-4-5-15-16(9-13)20-7-6-19-15/h1-10H,11,18H2/b21-17-. The molecule has 0 amide bonds. The fraction of sp³-hybridized carbons (Fsp3) is 0.0588. The second-order valence-electron chi connectivity index (χ2n) is 4.85. The summed E-state index contributed by atoms with van der Waals surface area (Å²) in [6.07, 6.45) is 4.06. The number of nitrogens with two attached hydrogens (primary N) is 1. The van der Waals surface area contributed by atoms with Crippen LogP contribution in [-0.4, -0.2) is 22.2 Å². The van der Waals surface area contributed by atoms with Gasteiger partial charge < -0.3 is 10.6 Å². The van der Waals surface area contributed by atoms with Crippen molar-refractivity contribution in [2.75, 3.05) is 0 Å². The van der Waals surface area contributed by atoms with Crippen molar-refractivity contribution in [3.8, 4) is 0 Å². The normalized spacial score (nSPS) is 11.4. The molecule has 1 heterocycles. The molecule has 0 radical (unpaired) electrons. The maximum atomic E-state index is 10.8. The second-order valence-corrected chi connectivity index (χ2v) is 4.85. The third-order valence-electron chi connectivity index (χ3n) is 3.30. The third kappa shape index (κ3) is 3.32. The highest BCUT2D eigenvalue weighted by atomic mass is 16.5. The highest BCUT2D eigenvalue weighted by Gasteiger charge is 2.07. The highest BCUT2D eigenvalue weighted by molar-refractivity contribution is 5.95. The van der Waals surface area contributed by atoms with E-state index < -0.39 is 0 Å². The zero-order valence-corrected chi connectivity index (χ0v) is 12.2. The van der Waals surface area contributed by atoms with Crippen molar-refractivity contribution < 1.29 is 9.53 Å². The molecule has 23 heavy (non-hydrogen) atoms. The van der Waals surface area contributed by atoms with Gasteiger partial charge in [-0.25, -0.2) is 0 Å². The molecule has 3 rings (SSSR count). The topological polar surface area (TPSA) is 90.5 Å². The van der Waals surface area contributed by atoms with E-state index in [-0.39, 0.29) is 12.5 Å². The molecular weight excluding hydrogens is 292 g/mol. The van der Waals surface area contributed by atoms with Crippen molar-refractivity contribution in [1.29, 1.82) is 0 Å². The average molecular weight is 306 g/mol. The molecule has 0 spiro atoms. The zero-order valence-electron chi connectivity index (χ0n) is 12.2. The molecule has 114 valence electrons. The van der Waals surface area contributed by atoms with Gasteiger partial charge in [0.1, 0.15) is 12.9 Å². The molecule has 6 heteroatoms. The minimum absolute atomic E-state index is 0.271. The van der Waals surface area contributed by atoms with Crippen LogP contribution in [0.3, 0.4) is 0 Å². The number of hydrogen-bond acceptors (Lipinski definition) is 6. The quantitative estimate of drug-likeness (QED) is 0.262. The average Bonchev–Trinajstić information content (AvgIpc) is 2.62. The van der Waals surface area contributed by atoms with Gasteiger partial charge in [0.25, 0.3) is 0 Å². The van der Waals surface area contributed by atoms with Crippen LogP contribution in [0.4, 0.5) is 0 Å². The van der Waals surface area contributed by atoms with E-state index in [1.54, 1.807) is 36.7 Å². The van der Waals surface area contributed by atoms with Crippen molar-refractivity contribution in [1.82, 2.24) is 9.97 Å². The summed E-state index contributed by atoms with van der Waals surface area (Å²) in [6, 6.07) is 12.6. The van der Waals surface area contributed by atoms with Crippen LogP contribution < -0.4 is 5.84 Å². The van der Waals surface area contributed by atoms with Crippen LogP contribution in [0.5, 0.6) is 0 Å². The predicted octanol–water partition coefficient (Wildman–Crippen LogP) is 2.28. The largest absolute Gasteiger partial charge is 0.471 e. The molecule has 0 aliphatic rings. The maximum Gasteiger partial charge on any atom is 0.238 e. The molecule has 0 aliphatic carbocycles. The molecule has 3 aromatic rings. The first kappa shape index (κ1) is 14.6. The Balaban J connectivity index is 1.77. The number of ether oxygens (including phenoxy) is 1. The van der Waals surface area contributed by atoms with Crippen molar-refractivity contribution in [2.24, 2.45) is 10.9 Å². The molecule has 0 saturated heterocycles. The number of benzene rings is 2. The number of hydrogen-bond donors (Lipinski definition) is 1. The monoisotopic (exact) mass is 306 g/mol. The van der Waals surface area contributed by atoms with Crippen molar-refractivity contribution >= 4 is 23.2 Å². The number of hydrazone groups is 1. The first-order valence-corrected chi connectivity index (χ1v) is 6.96. The van der Waals surface area contributed by atoms with Gasteiger partial charge in [-0.1, -0.05) is 18.2 Å². The number of rotatable bonds is 4. The van der Waals surface area contributed by atoms with E-state index >= 15 is 0 Å². The van der Waals surface area contributed by atoms with Crippen LogP contribution in [0, 0.1) is 0 Å². The molecule has 2 N–H and O–H groups in total. The van der Waals surface area contributed by atoms with Crippen LogP contribution in [-0.2, 0) is 11.3 Å². The lowest BCUT2D eigenvalue weighted by atomic mass is 10.1. The Bertz CT molecular complexity index is 877. The van der Waals surface area contributed by atoms with E-state index in [0.29, 0.717) is 11.1 Å². The summed E-state index contributed by atoms with van der Waals surface area (Å²) in [4.78, 5) is 19.3. The SMILES string of the molecule is N/N=C(\OCc1ccc2nccnc2c1)c1cccc(C=O)c1. The molecular formula is C17H14N4O2. The molecule has 0 unspecified atom stereocenters. The van der Waals surface area contributed by atoms with Gasteiger partial charge in [-0.2, -0.15) is 0 Å². The Morgan fingerprint density at radius 1 is 1.13 bits per heavy atom. The second kappa shape index (κ2) is 6.65. The number of aromatic nitrogens is 2. The smallest absolute Gasteiger partial charge is 0.238 e. The lowest BCUT2D eigenvalue weighted by Crippen LogP contribution is -2.10. The molecule has 0 aliphatic heterocycles. The van der Waals surface area contributed by atoms with Gasteiger partial charge in [0.2, 0.25) is 5.90 Å². The van der Waals surface area contributed by atoms with Crippen LogP contribution in [0.25, 0.3) is 11.0 Å². The van der Waals surface area contributed by atoms with E-state index in [2.05, 4.69) is 15.1 Å². The first-order valence-electron chi connectivity index (χ1n) is 6.96. The van der Waals surface area contributed by atoms with Crippen LogP contribution in [0.2, 0.25) is 0 Å². The minimum Gasteiger partial charge on any atom is -0.471 e. The zero-order chi connectivity index (χ0) is 16.1. The molecule has 0 fully saturated rings. The molecule has 0 atom stereocenters. The number of carbonyl (C=O) groups is 1. The summed E-state index contributed by atoms with van der Waals surface area (Å²) in [5.41, 5.74) is 3.72. The number of fused-ring (bicyclic) bond motifs is 1. The minimum atomic E-state index is 0.271. The van der Waals surface area contributed by atoms with Crippen LogP contribution in [0.15, 0.2) is 60.0 Å². The molecule has 1 aromatic heterocycles. The summed E-state index contributed by atoms with van der Waals surface area (Å²) < 4.78 is 5.67. The summed E-state index contributed by atoms with van der Waals surface area (Å²) in [5, 5.41) is 3.66. The molecule has 0 saturated carbocycles. The fourth-order valence-electron chi connectivity index (χ4n) is 2.19. The molecule has 0 bridgehead atoms.